The van der Waals surface area contributed by atoms with Crippen molar-refractivity contribution in [3.05, 3.63) is 319 Å². The van der Waals surface area contributed by atoms with Gasteiger partial charge in [0.1, 0.15) is 10.0 Å². The summed E-state index contributed by atoms with van der Waals surface area (Å²) in [4.78, 5) is 38.8. The van der Waals surface area contributed by atoms with Crippen molar-refractivity contribution in [2.75, 3.05) is 0 Å². The normalized spacial score (nSPS) is 11.5. The summed E-state index contributed by atoms with van der Waals surface area (Å²) in [6, 6.07) is 104. The van der Waals surface area contributed by atoms with Gasteiger partial charge in [-0.05, 0) is 83.3 Å². The van der Waals surface area contributed by atoms with Crippen molar-refractivity contribution in [1.29, 1.82) is 0 Å². The molecule has 93 heavy (non-hydrogen) atoms. The Balaban J connectivity index is 0.000000122. The van der Waals surface area contributed by atoms with Crippen LogP contribution in [0.5, 0.6) is 0 Å². The smallest absolute Gasteiger partial charge is 0.164 e. The zero-order valence-corrected chi connectivity index (χ0v) is 53.0. The van der Waals surface area contributed by atoms with Crippen molar-refractivity contribution >= 4 is 80.8 Å². The summed E-state index contributed by atoms with van der Waals surface area (Å²) in [5.74, 6) is 3.92. The summed E-state index contributed by atoms with van der Waals surface area (Å²) in [6.07, 6.45) is 1.03. The number of hydrogen-bond donors (Lipinski definition) is 0. The average Bonchev–Trinajstić information content (AvgIpc) is 1.62. The van der Waals surface area contributed by atoms with Gasteiger partial charge in [0, 0.05) is 65.4 Å². The Labute approximate surface area is 553 Å². The molecule has 0 amide bonds. The molecule has 0 atom stereocenters. The molecule has 9 nitrogen and oxygen atoms in total. The van der Waals surface area contributed by atoms with Crippen LogP contribution in [0.25, 0.3) is 149 Å². The summed E-state index contributed by atoms with van der Waals surface area (Å²) in [5.41, 5.74) is 19.0. The van der Waals surface area contributed by atoms with Crippen LogP contribution in [0.2, 0.25) is 0 Å². The van der Waals surface area contributed by atoms with Gasteiger partial charge >= 0.3 is 0 Å². The molecule has 1 aliphatic rings. The lowest BCUT2D eigenvalue weighted by Crippen LogP contribution is -2.01. The molecule has 12 aromatic carbocycles. The zero-order valence-electron chi connectivity index (χ0n) is 49.8. The third-order valence-corrected chi connectivity index (χ3v) is 19.0. The highest BCUT2D eigenvalue weighted by Gasteiger charge is 2.22. The summed E-state index contributed by atoms with van der Waals surface area (Å²) >= 11 is 7.03. The van der Waals surface area contributed by atoms with Crippen LogP contribution in [0.1, 0.15) is 11.1 Å². The van der Waals surface area contributed by atoms with Crippen molar-refractivity contribution in [1.82, 2.24) is 44.4 Å². The van der Waals surface area contributed by atoms with E-state index in [-0.39, 0.29) is 0 Å². The molecule has 440 valence electrons. The van der Waals surface area contributed by atoms with Crippen LogP contribution in [0.3, 0.4) is 0 Å². The minimum absolute atomic E-state index is 0.629. The highest BCUT2D eigenvalue weighted by atomic mass is 79.9. The van der Waals surface area contributed by atoms with E-state index in [1.807, 2.05) is 158 Å². The molecule has 0 bridgehead atoms. The van der Waals surface area contributed by atoms with Gasteiger partial charge in [0.05, 0.1) is 31.5 Å². The Morgan fingerprint density at radius 1 is 0.280 bits per heavy atom. The molecular formula is C81H52BrN9S2. The number of rotatable bonds is 9. The lowest BCUT2D eigenvalue weighted by Gasteiger charge is -2.11. The molecule has 12 heteroatoms. The van der Waals surface area contributed by atoms with Gasteiger partial charge in [-0.2, -0.15) is 0 Å². The Morgan fingerprint density at radius 2 is 0.688 bits per heavy atom. The first kappa shape index (κ1) is 56.9. The van der Waals surface area contributed by atoms with Crippen LogP contribution in [0.4, 0.5) is 0 Å². The quantitative estimate of drug-likeness (QED) is 0.141. The molecule has 18 rings (SSSR count). The van der Waals surface area contributed by atoms with Crippen LogP contribution in [-0.2, 0) is 6.42 Å². The standard InChI is InChI=1S/C40H25N5S.C21H14BrN3.C20H13NS/c1-4-13-26(14-5-1)37-42-38(27-15-6-2-7-16-27)44-39(43-37)29-19-12-20-30(23-29)45-34-22-11-10-21-31(34)32-24-36-33(25-35(32)45)41-40(46-36)28-17-8-3-9-18-28;22-18-13-7-12-17(14-18)21-24-19(15-8-3-1-4-9-15)23-20(25-21)16-10-5-2-6-11-16;1-2-6-13(7-3-1)20-21-18-11-15-10-14-8-4-5-9-16(14)17(15)12-19(18)22-20/h1-25H;1-14H;1-9,11-12H,10H2. The molecule has 0 aliphatic heterocycles. The first-order valence-electron chi connectivity index (χ1n) is 30.5. The highest BCUT2D eigenvalue weighted by molar-refractivity contribution is 9.10. The third-order valence-electron chi connectivity index (χ3n) is 16.4. The maximum atomic E-state index is 5.06. The second-order valence-corrected chi connectivity index (χ2v) is 25.4. The fourth-order valence-corrected chi connectivity index (χ4v) is 14.3. The molecule has 0 N–H and O–H groups in total. The first-order chi connectivity index (χ1) is 46.0. The fraction of sp³-hybridized carbons (Fsp3) is 0.0123. The molecule has 0 spiro atoms. The number of nitrogens with zero attached hydrogens (tertiary/aromatic N) is 9. The Kier molecular flexibility index (Phi) is 15.4. The molecule has 0 radical (unpaired) electrons. The van der Waals surface area contributed by atoms with E-state index in [2.05, 4.69) is 171 Å². The number of hydrogen-bond acceptors (Lipinski definition) is 10. The maximum absolute atomic E-state index is 5.06. The Hall–Kier alpha value is -11.3. The minimum atomic E-state index is 0.629. The molecule has 0 unspecified atom stereocenters. The van der Waals surface area contributed by atoms with Gasteiger partial charge in [-0.15, -0.1) is 22.7 Å². The fourth-order valence-electron chi connectivity index (χ4n) is 11.9. The molecule has 5 aromatic heterocycles. The van der Waals surface area contributed by atoms with Gasteiger partial charge < -0.3 is 4.57 Å². The minimum Gasteiger partial charge on any atom is -0.309 e. The van der Waals surface area contributed by atoms with E-state index < -0.39 is 0 Å². The molecule has 0 fully saturated rings. The topological polar surface area (TPSA) is 108 Å². The van der Waals surface area contributed by atoms with Crippen LogP contribution in [0.15, 0.2) is 308 Å². The predicted octanol–water partition coefficient (Wildman–Crippen LogP) is 21.4. The van der Waals surface area contributed by atoms with Gasteiger partial charge in [0.25, 0.3) is 0 Å². The molecule has 5 heterocycles. The monoisotopic (exact) mass is 1290 g/mol. The van der Waals surface area contributed by atoms with E-state index in [9.17, 15) is 0 Å². The summed E-state index contributed by atoms with van der Waals surface area (Å²) in [7, 11) is 0. The summed E-state index contributed by atoms with van der Waals surface area (Å²) in [6.45, 7) is 0. The highest BCUT2D eigenvalue weighted by Crippen LogP contribution is 2.43. The van der Waals surface area contributed by atoms with Crippen molar-refractivity contribution in [2.45, 2.75) is 6.42 Å². The van der Waals surface area contributed by atoms with Crippen LogP contribution in [0, 0.1) is 0 Å². The van der Waals surface area contributed by atoms with E-state index in [1.165, 1.54) is 48.0 Å². The second-order valence-electron chi connectivity index (χ2n) is 22.4. The average molecular weight is 1300 g/mol. The lowest BCUT2D eigenvalue weighted by atomic mass is 10.1. The van der Waals surface area contributed by atoms with E-state index in [4.69, 9.17) is 34.9 Å². The predicted molar refractivity (Wildman–Crippen MR) is 386 cm³/mol. The third kappa shape index (κ3) is 11.7. The van der Waals surface area contributed by atoms with Crippen molar-refractivity contribution in [3.63, 3.8) is 0 Å². The second kappa shape index (κ2) is 25.2. The lowest BCUT2D eigenvalue weighted by molar-refractivity contribution is 1.07. The first-order valence-corrected chi connectivity index (χ1v) is 33.0. The van der Waals surface area contributed by atoms with E-state index in [1.54, 1.807) is 22.7 Å². The zero-order chi connectivity index (χ0) is 62.0. The van der Waals surface area contributed by atoms with E-state index in [0.29, 0.717) is 34.9 Å². The SMILES string of the molecule is Brc1cccc(-c2nc(-c3ccccc3)nc(-c3ccccc3)n2)c1.c1ccc(-c2nc(-c3ccccc3)nc(-c3cccc(-n4c5ccccc5c5cc6sc(-c7ccccc7)nc6cc54)c3)n2)cc1.c1ccc(-c2nc3cc4c(cc3s2)-c2ccccc2C4)cc1. The van der Waals surface area contributed by atoms with Crippen molar-refractivity contribution < 1.29 is 0 Å². The van der Waals surface area contributed by atoms with Crippen LogP contribution in [-0.4, -0.2) is 44.4 Å². The summed E-state index contributed by atoms with van der Waals surface area (Å²) in [5, 5.41) is 4.54. The molecular weight excluding hydrogens is 1240 g/mol. The van der Waals surface area contributed by atoms with Crippen LogP contribution >= 0.6 is 38.6 Å². The Bertz CT molecular complexity index is 5440. The van der Waals surface area contributed by atoms with Crippen molar-refractivity contribution in [3.8, 4) is 106 Å². The number of thiazole rings is 2. The molecule has 1 aliphatic carbocycles. The van der Waals surface area contributed by atoms with Gasteiger partial charge in [0.2, 0.25) is 0 Å². The number of fused-ring (bicyclic) bond motifs is 8. The van der Waals surface area contributed by atoms with Gasteiger partial charge in [-0.3, -0.25) is 0 Å². The van der Waals surface area contributed by atoms with Gasteiger partial charge in [0.15, 0.2) is 34.9 Å². The van der Waals surface area contributed by atoms with Crippen LogP contribution < -0.4 is 0 Å². The summed E-state index contributed by atoms with van der Waals surface area (Å²) < 4.78 is 5.77. The van der Waals surface area contributed by atoms with E-state index in [0.717, 1.165) is 87.6 Å². The number of aromatic nitrogens is 9. The maximum Gasteiger partial charge on any atom is 0.164 e. The Morgan fingerprint density at radius 3 is 1.20 bits per heavy atom. The van der Waals surface area contributed by atoms with Gasteiger partial charge in [-0.1, -0.05) is 265 Å². The number of para-hydroxylation sites is 1. The largest absolute Gasteiger partial charge is 0.309 e. The van der Waals surface area contributed by atoms with Gasteiger partial charge in [-0.25, -0.2) is 39.9 Å². The molecule has 0 saturated heterocycles. The number of halogens is 1. The molecule has 0 saturated carbocycles. The van der Waals surface area contributed by atoms with Crippen molar-refractivity contribution in [2.24, 2.45) is 0 Å². The van der Waals surface area contributed by atoms with E-state index >= 15 is 0 Å². The number of benzene rings is 12. The molecule has 17 aromatic rings.